The van der Waals surface area contributed by atoms with Crippen molar-refractivity contribution in [1.82, 2.24) is 25.4 Å². The van der Waals surface area contributed by atoms with Crippen molar-refractivity contribution >= 4 is 21.4 Å². The molecular weight excluding hydrogens is 464 g/mol. The highest BCUT2D eigenvalue weighted by Crippen LogP contribution is 2.25. The Kier molecular flexibility index (Phi) is 6.94. The summed E-state index contributed by atoms with van der Waals surface area (Å²) in [4.78, 5) is 19.6. The highest BCUT2D eigenvalue weighted by atomic mass is 32.2. The minimum atomic E-state index is -2.91. The smallest absolute Gasteiger partial charge is 0.255 e. The highest BCUT2D eigenvalue weighted by molar-refractivity contribution is 7.91. The van der Waals surface area contributed by atoms with Crippen LogP contribution >= 0.6 is 0 Å². The molecular formula is C25H30N6O3S. The van der Waals surface area contributed by atoms with Crippen molar-refractivity contribution in [3.8, 4) is 11.4 Å². The summed E-state index contributed by atoms with van der Waals surface area (Å²) in [7, 11) is -2.91. The standard InChI is InChI=1S/C25H30N6O3S/c32-25(21-3-1-2-18(16-21)17-31-12-14-35(33,34)15-13-31)27-22-6-4-19(5-7-22)23-28-24(30-29-23)20-8-10-26-11-9-20/h1-7,16,20,26H,8-15,17H2,(H,27,32)(H,28,29,30). The summed E-state index contributed by atoms with van der Waals surface area (Å²) in [5, 5.41) is 13.8. The number of carbonyl (C=O) groups excluding carboxylic acids is 1. The summed E-state index contributed by atoms with van der Waals surface area (Å²) >= 11 is 0. The molecule has 0 spiro atoms. The number of sulfone groups is 1. The summed E-state index contributed by atoms with van der Waals surface area (Å²) in [5.41, 5.74) is 3.14. The van der Waals surface area contributed by atoms with Gasteiger partial charge in [0.05, 0.1) is 11.5 Å². The number of benzene rings is 2. The average molecular weight is 495 g/mol. The van der Waals surface area contributed by atoms with E-state index in [1.165, 1.54) is 0 Å². The van der Waals surface area contributed by atoms with Gasteiger partial charge in [0.2, 0.25) is 0 Å². The third-order valence-corrected chi connectivity index (χ3v) is 8.27. The van der Waals surface area contributed by atoms with Crippen molar-refractivity contribution in [3.05, 3.63) is 65.5 Å². The number of amides is 1. The zero-order valence-electron chi connectivity index (χ0n) is 19.5. The maximum atomic E-state index is 12.8. The first-order valence-electron chi connectivity index (χ1n) is 12.0. The van der Waals surface area contributed by atoms with Gasteiger partial charge in [0.25, 0.3) is 5.91 Å². The largest absolute Gasteiger partial charge is 0.322 e. The van der Waals surface area contributed by atoms with Gasteiger partial charge in [0.15, 0.2) is 15.7 Å². The van der Waals surface area contributed by atoms with Crippen LogP contribution in [0.2, 0.25) is 0 Å². The fourth-order valence-electron chi connectivity index (χ4n) is 4.56. The number of piperidine rings is 1. The van der Waals surface area contributed by atoms with Crippen LogP contribution in [0.25, 0.3) is 11.4 Å². The minimum Gasteiger partial charge on any atom is -0.322 e. The lowest BCUT2D eigenvalue weighted by Crippen LogP contribution is -2.39. The van der Waals surface area contributed by atoms with Gasteiger partial charge in [0, 0.05) is 42.4 Å². The lowest BCUT2D eigenvalue weighted by Gasteiger charge is -2.26. The fourth-order valence-corrected chi connectivity index (χ4v) is 5.84. The van der Waals surface area contributed by atoms with Crippen LogP contribution in [0.15, 0.2) is 48.5 Å². The molecule has 3 heterocycles. The number of aromatic amines is 1. The Labute approximate surface area is 205 Å². The van der Waals surface area contributed by atoms with Crippen LogP contribution in [0, 0.1) is 0 Å². The molecule has 1 aromatic heterocycles. The van der Waals surface area contributed by atoms with E-state index in [4.69, 9.17) is 0 Å². The van der Waals surface area contributed by atoms with Gasteiger partial charge < -0.3 is 10.6 Å². The number of carbonyl (C=O) groups is 1. The molecule has 2 aliphatic rings. The fraction of sp³-hybridized carbons (Fsp3) is 0.400. The molecule has 0 bridgehead atoms. The second-order valence-corrected chi connectivity index (χ2v) is 11.5. The van der Waals surface area contributed by atoms with Gasteiger partial charge in [-0.2, -0.15) is 5.10 Å². The Morgan fingerprint density at radius 2 is 1.80 bits per heavy atom. The van der Waals surface area contributed by atoms with E-state index in [2.05, 4.69) is 30.7 Å². The van der Waals surface area contributed by atoms with Crippen LogP contribution in [-0.2, 0) is 16.4 Å². The first-order valence-corrected chi connectivity index (χ1v) is 13.8. The molecule has 0 saturated carbocycles. The van der Waals surface area contributed by atoms with Crippen molar-refractivity contribution in [1.29, 1.82) is 0 Å². The average Bonchev–Trinajstić information content (AvgIpc) is 3.37. The molecule has 2 saturated heterocycles. The topological polar surface area (TPSA) is 120 Å². The predicted molar refractivity (Wildman–Crippen MR) is 135 cm³/mol. The molecule has 10 heteroatoms. The summed E-state index contributed by atoms with van der Waals surface area (Å²) in [6.07, 6.45) is 2.11. The van der Waals surface area contributed by atoms with E-state index in [0.29, 0.717) is 42.6 Å². The molecule has 2 fully saturated rings. The van der Waals surface area contributed by atoms with Crippen LogP contribution in [0.1, 0.15) is 40.5 Å². The molecule has 2 aliphatic heterocycles. The minimum absolute atomic E-state index is 0.188. The SMILES string of the molecule is O=C(Nc1ccc(-c2n[nH]c(C3CCNCC3)n2)cc1)c1cccc(CN2CCS(=O)(=O)CC2)c1. The monoisotopic (exact) mass is 494 g/mol. The zero-order chi connectivity index (χ0) is 24.3. The predicted octanol–water partition coefficient (Wildman–Crippen LogP) is 2.42. The molecule has 0 unspecified atom stereocenters. The second kappa shape index (κ2) is 10.3. The van der Waals surface area contributed by atoms with E-state index < -0.39 is 9.84 Å². The van der Waals surface area contributed by atoms with Gasteiger partial charge in [-0.25, -0.2) is 13.4 Å². The first-order chi connectivity index (χ1) is 16.9. The van der Waals surface area contributed by atoms with Gasteiger partial charge in [-0.3, -0.25) is 14.8 Å². The number of anilines is 1. The van der Waals surface area contributed by atoms with E-state index in [0.717, 1.165) is 42.9 Å². The molecule has 3 N–H and O–H groups in total. The summed E-state index contributed by atoms with van der Waals surface area (Å²) in [6, 6.07) is 15.0. The highest BCUT2D eigenvalue weighted by Gasteiger charge is 2.22. The number of H-pyrrole nitrogens is 1. The van der Waals surface area contributed by atoms with E-state index in [1.54, 1.807) is 6.07 Å². The van der Waals surface area contributed by atoms with Gasteiger partial charge in [-0.05, 0) is 67.9 Å². The number of hydrogen-bond donors (Lipinski definition) is 3. The molecule has 3 aromatic rings. The second-order valence-electron chi connectivity index (χ2n) is 9.23. The Morgan fingerprint density at radius 3 is 2.54 bits per heavy atom. The Balaban J connectivity index is 1.20. The van der Waals surface area contributed by atoms with Gasteiger partial charge in [0.1, 0.15) is 5.82 Å². The number of nitrogens with one attached hydrogen (secondary N) is 3. The van der Waals surface area contributed by atoms with E-state index in [9.17, 15) is 13.2 Å². The van der Waals surface area contributed by atoms with E-state index in [1.807, 2.05) is 42.5 Å². The van der Waals surface area contributed by atoms with Crippen molar-refractivity contribution in [2.75, 3.05) is 43.0 Å². The lowest BCUT2D eigenvalue weighted by atomic mass is 9.98. The Hall–Kier alpha value is -3.08. The quantitative estimate of drug-likeness (QED) is 0.481. The molecule has 0 aliphatic carbocycles. The maximum Gasteiger partial charge on any atom is 0.255 e. The molecule has 9 nitrogen and oxygen atoms in total. The van der Waals surface area contributed by atoms with Crippen molar-refractivity contribution in [2.24, 2.45) is 0 Å². The first kappa shape index (κ1) is 23.7. The molecule has 5 rings (SSSR count). The number of rotatable bonds is 6. The van der Waals surface area contributed by atoms with Gasteiger partial charge >= 0.3 is 0 Å². The third-order valence-electron chi connectivity index (χ3n) is 6.66. The molecule has 0 atom stereocenters. The molecule has 35 heavy (non-hydrogen) atoms. The van der Waals surface area contributed by atoms with Gasteiger partial charge in [-0.15, -0.1) is 0 Å². The normalized spacial score (nSPS) is 18.9. The number of aromatic nitrogens is 3. The van der Waals surface area contributed by atoms with Crippen LogP contribution in [0.5, 0.6) is 0 Å². The molecule has 2 aromatic carbocycles. The molecule has 184 valence electrons. The van der Waals surface area contributed by atoms with Crippen LogP contribution < -0.4 is 10.6 Å². The summed E-state index contributed by atoms with van der Waals surface area (Å²) in [6.45, 7) is 3.67. The molecule has 1 amide bonds. The summed E-state index contributed by atoms with van der Waals surface area (Å²) in [5.74, 6) is 2.20. The van der Waals surface area contributed by atoms with E-state index in [-0.39, 0.29) is 17.4 Å². The Morgan fingerprint density at radius 1 is 1.06 bits per heavy atom. The lowest BCUT2D eigenvalue weighted by molar-refractivity contribution is 0.102. The number of hydrogen-bond acceptors (Lipinski definition) is 7. The van der Waals surface area contributed by atoms with Crippen molar-refractivity contribution in [3.63, 3.8) is 0 Å². The van der Waals surface area contributed by atoms with Crippen molar-refractivity contribution < 1.29 is 13.2 Å². The van der Waals surface area contributed by atoms with Crippen LogP contribution in [-0.4, -0.2) is 72.1 Å². The van der Waals surface area contributed by atoms with Crippen LogP contribution in [0.3, 0.4) is 0 Å². The van der Waals surface area contributed by atoms with E-state index >= 15 is 0 Å². The number of nitrogens with zero attached hydrogens (tertiary/aromatic N) is 3. The molecule has 0 radical (unpaired) electrons. The Bertz CT molecular complexity index is 1270. The zero-order valence-corrected chi connectivity index (χ0v) is 20.4. The van der Waals surface area contributed by atoms with Crippen molar-refractivity contribution in [2.45, 2.75) is 25.3 Å². The third kappa shape index (κ3) is 5.95. The van der Waals surface area contributed by atoms with Crippen LogP contribution in [0.4, 0.5) is 5.69 Å². The summed E-state index contributed by atoms with van der Waals surface area (Å²) < 4.78 is 23.3. The van der Waals surface area contributed by atoms with Gasteiger partial charge in [-0.1, -0.05) is 12.1 Å². The maximum absolute atomic E-state index is 12.8.